The summed E-state index contributed by atoms with van der Waals surface area (Å²) in [6, 6.07) is 7.71. The van der Waals surface area contributed by atoms with Crippen LogP contribution in [0.4, 0.5) is 0 Å². The molecule has 0 saturated carbocycles. The van der Waals surface area contributed by atoms with Crippen molar-refractivity contribution in [1.82, 2.24) is 4.90 Å². The normalized spacial score (nSPS) is 21.1. The molecule has 1 amide bonds. The largest absolute Gasteiger partial charge is 0.481 e. The topological polar surface area (TPSA) is 66.8 Å². The van der Waals surface area contributed by atoms with Crippen LogP contribution in [-0.2, 0) is 27.2 Å². The molecular formula is C17H23NO4. The van der Waals surface area contributed by atoms with Gasteiger partial charge in [0.1, 0.15) is 0 Å². The molecule has 22 heavy (non-hydrogen) atoms. The van der Waals surface area contributed by atoms with E-state index in [1.165, 1.54) is 5.56 Å². The third-order valence-corrected chi connectivity index (χ3v) is 4.23. The van der Waals surface area contributed by atoms with Gasteiger partial charge in [0.15, 0.2) is 0 Å². The van der Waals surface area contributed by atoms with Crippen LogP contribution >= 0.6 is 0 Å². The first-order valence-electron chi connectivity index (χ1n) is 7.65. The monoisotopic (exact) mass is 305 g/mol. The fourth-order valence-electron chi connectivity index (χ4n) is 2.91. The molecule has 1 fully saturated rings. The van der Waals surface area contributed by atoms with E-state index in [0.717, 1.165) is 12.0 Å². The van der Waals surface area contributed by atoms with Gasteiger partial charge in [-0.15, -0.1) is 0 Å². The van der Waals surface area contributed by atoms with Crippen LogP contribution in [0.5, 0.6) is 0 Å². The predicted molar refractivity (Wildman–Crippen MR) is 82.7 cm³/mol. The lowest BCUT2D eigenvalue weighted by Crippen LogP contribution is -2.38. The minimum Gasteiger partial charge on any atom is -0.481 e. The first kappa shape index (κ1) is 16.5. The van der Waals surface area contributed by atoms with Crippen molar-refractivity contribution in [3.63, 3.8) is 0 Å². The van der Waals surface area contributed by atoms with Crippen molar-refractivity contribution in [2.45, 2.75) is 44.8 Å². The van der Waals surface area contributed by atoms with Gasteiger partial charge in [-0.1, -0.05) is 31.2 Å². The SMILES string of the molecule is CCc1ccc(CC(=O)N2CC(OC)CC2CC(=O)O)cc1. The summed E-state index contributed by atoms with van der Waals surface area (Å²) in [5.41, 5.74) is 2.19. The average Bonchev–Trinajstić information content (AvgIpc) is 2.90. The Hall–Kier alpha value is -1.88. The minimum absolute atomic E-state index is 0.0274. The Balaban J connectivity index is 2.03. The molecule has 1 heterocycles. The van der Waals surface area contributed by atoms with Crippen LogP contribution in [0.3, 0.4) is 0 Å². The molecule has 1 aliphatic rings. The zero-order valence-electron chi connectivity index (χ0n) is 13.1. The van der Waals surface area contributed by atoms with Crippen LogP contribution in [0.15, 0.2) is 24.3 Å². The van der Waals surface area contributed by atoms with Crippen molar-refractivity contribution >= 4 is 11.9 Å². The smallest absolute Gasteiger partial charge is 0.305 e. The van der Waals surface area contributed by atoms with Gasteiger partial charge in [0.25, 0.3) is 0 Å². The highest BCUT2D eigenvalue weighted by Gasteiger charge is 2.36. The number of carboxylic acids is 1. The molecule has 5 heteroatoms. The lowest BCUT2D eigenvalue weighted by Gasteiger charge is -2.23. The molecule has 0 bridgehead atoms. The second-order valence-electron chi connectivity index (χ2n) is 5.74. The molecule has 1 aliphatic heterocycles. The number of methoxy groups -OCH3 is 1. The lowest BCUT2D eigenvalue weighted by atomic mass is 10.1. The van der Waals surface area contributed by atoms with E-state index < -0.39 is 5.97 Å². The average molecular weight is 305 g/mol. The second kappa shape index (κ2) is 7.40. The van der Waals surface area contributed by atoms with Crippen molar-refractivity contribution in [1.29, 1.82) is 0 Å². The third-order valence-electron chi connectivity index (χ3n) is 4.23. The number of nitrogens with zero attached hydrogens (tertiary/aromatic N) is 1. The molecule has 2 rings (SSSR count). The van der Waals surface area contributed by atoms with E-state index in [4.69, 9.17) is 9.84 Å². The van der Waals surface area contributed by atoms with Crippen LogP contribution in [0.25, 0.3) is 0 Å². The molecule has 0 radical (unpaired) electrons. The van der Waals surface area contributed by atoms with Gasteiger partial charge in [-0.3, -0.25) is 9.59 Å². The van der Waals surface area contributed by atoms with Crippen molar-refractivity contribution in [3.8, 4) is 0 Å². The molecule has 2 atom stereocenters. The van der Waals surface area contributed by atoms with Gasteiger partial charge < -0.3 is 14.7 Å². The molecule has 120 valence electrons. The van der Waals surface area contributed by atoms with Crippen molar-refractivity contribution in [3.05, 3.63) is 35.4 Å². The number of carbonyl (C=O) groups is 2. The van der Waals surface area contributed by atoms with Crippen LogP contribution < -0.4 is 0 Å². The van der Waals surface area contributed by atoms with Gasteiger partial charge in [-0.25, -0.2) is 0 Å². The predicted octanol–water partition coefficient (Wildman–Crippen LogP) is 1.88. The van der Waals surface area contributed by atoms with Gasteiger partial charge >= 0.3 is 5.97 Å². The summed E-state index contributed by atoms with van der Waals surface area (Å²) in [4.78, 5) is 25.1. The zero-order chi connectivity index (χ0) is 16.1. The summed E-state index contributed by atoms with van der Waals surface area (Å²) in [7, 11) is 1.60. The van der Waals surface area contributed by atoms with Gasteiger partial charge in [0, 0.05) is 19.7 Å². The number of hydrogen-bond donors (Lipinski definition) is 1. The number of amides is 1. The van der Waals surface area contributed by atoms with Crippen molar-refractivity contribution in [2.24, 2.45) is 0 Å². The lowest BCUT2D eigenvalue weighted by molar-refractivity contribution is -0.139. The van der Waals surface area contributed by atoms with Gasteiger partial charge in [-0.2, -0.15) is 0 Å². The number of hydrogen-bond acceptors (Lipinski definition) is 3. The molecule has 1 N–H and O–H groups in total. The summed E-state index contributed by atoms with van der Waals surface area (Å²) in [5, 5.41) is 9.00. The highest BCUT2D eigenvalue weighted by atomic mass is 16.5. The maximum atomic E-state index is 12.5. The summed E-state index contributed by atoms with van der Waals surface area (Å²) in [6.45, 7) is 2.56. The number of benzene rings is 1. The first-order valence-corrected chi connectivity index (χ1v) is 7.65. The van der Waals surface area contributed by atoms with Crippen molar-refractivity contribution in [2.75, 3.05) is 13.7 Å². The number of aryl methyl sites for hydroxylation is 1. The minimum atomic E-state index is -0.883. The standard InChI is InChI=1S/C17H23NO4/c1-3-12-4-6-13(7-5-12)8-16(19)18-11-15(22-2)9-14(18)10-17(20)21/h4-7,14-15H,3,8-11H2,1-2H3,(H,20,21). The van der Waals surface area contributed by atoms with E-state index in [9.17, 15) is 9.59 Å². The first-order chi connectivity index (χ1) is 10.5. The van der Waals surface area contributed by atoms with Gasteiger partial charge in [0.05, 0.1) is 18.9 Å². The Morgan fingerprint density at radius 1 is 1.27 bits per heavy atom. The van der Waals surface area contributed by atoms with Crippen LogP contribution in [0.1, 0.15) is 30.9 Å². The van der Waals surface area contributed by atoms with E-state index in [-0.39, 0.29) is 24.5 Å². The molecule has 0 aromatic heterocycles. The molecule has 1 aromatic rings. The third kappa shape index (κ3) is 4.07. The zero-order valence-corrected chi connectivity index (χ0v) is 13.1. The number of carboxylic acid groups (broad SMARTS) is 1. The van der Waals surface area contributed by atoms with E-state index in [2.05, 4.69) is 6.92 Å². The van der Waals surface area contributed by atoms with E-state index in [0.29, 0.717) is 19.4 Å². The number of aliphatic carboxylic acids is 1. The quantitative estimate of drug-likeness (QED) is 0.871. The summed E-state index contributed by atoms with van der Waals surface area (Å²) < 4.78 is 5.30. The van der Waals surface area contributed by atoms with Crippen molar-refractivity contribution < 1.29 is 19.4 Å². The summed E-state index contributed by atoms with van der Waals surface area (Å²) in [6.07, 6.45) is 1.76. The van der Waals surface area contributed by atoms with Crippen LogP contribution in [0, 0.1) is 0 Å². The number of rotatable bonds is 6. The Kier molecular flexibility index (Phi) is 5.55. The van der Waals surface area contributed by atoms with E-state index in [1.54, 1.807) is 12.0 Å². The Morgan fingerprint density at radius 2 is 1.91 bits per heavy atom. The van der Waals surface area contributed by atoms with Crippen LogP contribution in [0.2, 0.25) is 0 Å². The Labute approximate surface area is 130 Å². The maximum Gasteiger partial charge on any atom is 0.305 e. The fraction of sp³-hybridized carbons (Fsp3) is 0.529. The molecule has 1 aromatic carbocycles. The Morgan fingerprint density at radius 3 is 2.45 bits per heavy atom. The number of carbonyl (C=O) groups excluding carboxylic acids is 1. The van der Waals surface area contributed by atoms with Crippen LogP contribution in [-0.4, -0.2) is 47.7 Å². The molecule has 0 spiro atoms. The Bertz CT molecular complexity index is 526. The molecule has 1 saturated heterocycles. The van der Waals surface area contributed by atoms with E-state index in [1.807, 2.05) is 24.3 Å². The molecule has 5 nitrogen and oxygen atoms in total. The highest BCUT2D eigenvalue weighted by molar-refractivity contribution is 5.80. The molecule has 0 aliphatic carbocycles. The number of likely N-dealkylation sites (tertiary alicyclic amines) is 1. The molecule has 2 unspecified atom stereocenters. The highest BCUT2D eigenvalue weighted by Crippen LogP contribution is 2.23. The summed E-state index contributed by atoms with van der Waals surface area (Å²) >= 11 is 0. The second-order valence-corrected chi connectivity index (χ2v) is 5.74. The fourth-order valence-corrected chi connectivity index (χ4v) is 2.91. The van der Waals surface area contributed by atoms with Gasteiger partial charge in [-0.05, 0) is 24.0 Å². The molecular weight excluding hydrogens is 282 g/mol. The number of ether oxygens (including phenoxy) is 1. The maximum absolute atomic E-state index is 12.5. The van der Waals surface area contributed by atoms with E-state index >= 15 is 0 Å². The summed E-state index contributed by atoms with van der Waals surface area (Å²) in [5.74, 6) is -0.915. The van der Waals surface area contributed by atoms with Gasteiger partial charge in [0.2, 0.25) is 5.91 Å².